The number of rotatable bonds is 6. The maximum atomic E-state index is 12.0. The van der Waals surface area contributed by atoms with Crippen molar-refractivity contribution in [2.75, 3.05) is 6.61 Å². The highest BCUT2D eigenvalue weighted by Gasteiger charge is 2.13. The summed E-state index contributed by atoms with van der Waals surface area (Å²) >= 11 is 7.93. The zero-order valence-corrected chi connectivity index (χ0v) is 16.8. The van der Waals surface area contributed by atoms with Crippen molar-refractivity contribution < 1.29 is 13.9 Å². The molecule has 2 heterocycles. The van der Waals surface area contributed by atoms with Gasteiger partial charge in [0.1, 0.15) is 11.3 Å². The summed E-state index contributed by atoms with van der Waals surface area (Å²) in [5, 5.41) is 5.75. The Morgan fingerprint density at radius 2 is 1.93 bits per heavy atom. The van der Waals surface area contributed by atoms with Gasteiger partial charge in [-0.15, -0.1) is 11.3 Å². The van der Waals surface area contributed by atoms with Gasteiger partial charge in [-0.1, -0.05) is 48.0 Å². The van der Waals surface area contributed by atoms with Gasteiger partial charge >= 0.3 is 5.63 Å². The third-order valence-corrected chi connectivity index (χ3v) is 5.45. The number of hydrogen-bond donors (Lipinski definition) is 1. The predicted molar refractivity (Wildman–Crippen MR) is 115 cm³/mol. The van der Waals surface area contributed by atoms with Crippen LogP contribution in [0.2, 0.25) is 5.02 Å². The van der Waals surface area contributed by atoms with Gasteiger partial charge in [0.2, 0.25) is 0 Å². The van der Waals surface area contributed by atoms with Crippen LogP contribution in [-0.2, 0) is 11.3 Å². The molecular formula is C22H16ClNO4S. The summed E-state index contributed by atoms with van der Waals surface area (Å²) in [7, 11) is 0. The molecule has 0 radical (unpaired) electrons. The van der Waals surface area contributed by atoms with E-state index >= 15 is 0 Å². The molecule has 0 unspecified atom stereocenters. The van der Waals surface area contributed by atoms with Crippen LogP contribution in [0.25, 0.3) is 22.1 Å². The number of fused-ring (bicyclic) bond motifs is 1. The highest BCUT2D eigenvalue weighted by Crippen LogP contribution is 2.34. The Kier molecular flexibility index (Phi) is 5.64. The molecule has 29 heavy (non-hydrogen) atoms. The fourth-order valence-corrected chi connectivity index (χ4v) is 3.79. The van der Waals surface area contributed by atoms with Crippen LogP contribution < -0.4 is 15.7 Å². The Hall–Kier alpha value is -3.09. The van der Waals surface area contributed by atoms with Crippen LogP contribution in [0.15, 0.2) is 75.3 Å². The number of ether oxygens (including phenoxy) is 1. The average Bonchev–Trinajstić information content (AvgIpc) is 3.25. The molecule has 1 amide bonds. The van der Waals surface area contributed by atoms with E-state index in [0.29, 0.717) is 22.5 Å². The van der Waals surface area contributed by atoms with Gasteiger partial charge in [-0.05, 0) is 28.6 Å². The number of amides is 1. The number of hydrogen-bond acceptors (Lipinski definition) is 5. The molecule has 0 aliphatic rings. The molecule has 7 heteroatoms. The van der Waals surface area contributed by atoms with Crippen LogP contribution in [0.4, 0.5) is 0 Å². The van der Waals surface area contributed by atoms with Gasteiger partial charge in [0, 0.05) is 22.4 Å². The van der Waals surface area contributed by atoms with Crippen LogP contribution in [0.5, 0.6) is 5.75 Å². The lowest BCUT2D eigenvalue weighted by Gasteiger charge is -2.11. The Balaban J connectivity index is 1.56. The lowest BCUT2D eigenvalue weighted by Crippen LogP contribution is -2.28. The first-order valence-corrected chi connectivity index (χ1v) is 10.1. The Bertz CT molecular complexity index is 1200. The van der Waals surface area contributed by atoms with Crippen molar-refractivity contribution in [3.05, 3.63) is 86.4 Å². The fourth-order valence-electron chi connectivity index (χ4n) is 2.92. The molecule has 0 fully saturated rings. The lowest BCUT2D eigenvalue weighted by molar-refractivity contribution is -0.123. The minimum absolute atomic E-state index is 0.195. The standard InChI is InChI=1S/C22H16ClNO4S/c23-18-9-17-16(14-5-2-1-3-6-14)10-22(26)28-19(17)11-20(18)27-13-21(25)24-12-15-7-4-8-29-15/h1-11H,12-13H2,(H,24,25). The second-order valence-electron chi connectivity index (χ2n) is 6.27. The molecule has 0 spiro atoms. The van der Waals surface area contributed by atoms with Gasteiger partial charge in [0.15, 0.2) is 6.61 Å². The summed E-state index contributed by atoms with van der Waals surface area (Å²) in [5.41, 5.74) is 1.47. The monoisotopic (exact) mass is 425 g/mol. The molecule has 5 nitrogen and oxygen atoms in total. The molecule has 0 saturated carbocycles. The number of benzene rings is 2. The SMILES string of the molecule is O=C(COc1cc2oc(=O)cc(-c3ccccc3)c2cc1Cl)NCc1cccs1. The van der Waals surface area contributed by atoms with Crippen molar-refractivity contribution in [1.29, 1.82) is 0 Å². The zero-order chi connectivity index (χ0) is 20.2. The molecule has 4 aromatic rings. The molecule has 0 aliphatic heterocycles. The van der Waals surface area contributed by atoms with Crippen LogP contribution in [0.1, 0.15) is 4.88 Å². The van der Waals surface area contributed by atoms with Crippen LogP contribution in [0.3, 0.4) is 0 Å². The van der Waals surface area contributed by atoms with E-state index in [9.17, 15) is 9.59 Å². The summed E-state index contributed by atoms with van der Waals surface area (Å²) in [6.45, 7) is 0.250. The third kappa shape index (κ3) is 4.50. The van der Waals surface area contributed by atoms with Gasteiger partial charge in [0.05, 0.1) is 11.6 Å². The first-order chi connectivity index (χ1) is 14.1. The van der Waals surface area contributed by atoms with E-state index in [1.54, 1.807) is 17.4 Å². The van der Waals surface area contributed by atoms with E-state index in [4.69, 9.17) is 20.8 Å². The lowest BCUT2D eigenvalue weighted by atomic mass is 10.0. The molecule has 0 saturated heterocycles. The summed E-state index contributed by atoms with van der Waals surface area (Å²) in [6, 6.07) is 18.0. The smallest absolute Gasteiger partial charge is 0.336 e. The Labute approximate surface area is 175 Å². The van der Waals surface area contributed by atoms with E-state index < -0.39 is 5.63 Å². The van der Waals surface area contributed by atoms with Gasteiger partial charge in [0.25, 0.3) is 5.91 Å². The number of halogens is 1. The Morgan fingerprint density at radius 3 is 2.69 bits per heavy atom. The molecule has 4 rings (SSSR count). The quantitative estimate of drug-likeness (QED) is 0.447. The molecule has 146 valence electrons. The largest absolute Gasteiger partial charge is 0.482 e. The normalized spacial score (nSPS) is 10.8. The third-order valence-electron chi connectivity index (χ3n) is 4.28. The second kappa shape index (κ2) is 8.51. The minimum atomic E-state index is -0.474. The van der Waals surface area contributed by atoms with E-state index in [2.05, 4.69) is 5.32 Å². The maximum Gasteiger partial charge on any atom is 0.336 e. The molecule has 0 atom stereocenters. The van der Waals surface area contributed by atoms with Gasteiger partial charge in [-0.2, -0.15) is 0 Å². The van der Waals surface area contributed by atoms with Crippen molar-refractivity contribution in [2.45, 2.75) is 6.54 Å². The van der Waals surface area contributed by atoms with E-state index in [1.165, 1.54) is 12.1 Å². The highest BCUT2D eigenvalue weighted by atomic mass is 35.5. The highest BCUT2D eigenvalue weighted by molar-refractivity contribution is 7.09. The maximum absolute atomic E-state index is 12.0. The molecular weight excluding hydrogens is 410 g/mol. The minimum Gasteiger partial charge on any atom is -0.482 e. The van der Waals surface area contributed by atoms with Crippen LogP contribution in [-0.4, -0.2) is 12.5 Å². The summed E-state index contributed by atoms with van der Waals surface area (Å²) in [5.74, 6) is 0.00727. The number of carbonyl (C=O) groups excluding carboxylic acids is 1. The first kappa shape index (κ1) is 19.2. The zero-order valence-electron chi connectivity index (χ0n) is 15.2. The molecule has 0 bridgehead atoms. The fraction of sp³-hybridized carbons (Fsp3) is 0.0909. The van der Waals surface area contributed by atoms with Crippen LogP contribution in [0, 0.1) is 0 Å². The van der Waals surface area contributed by atoms with Crippen molar-refractivity contribution in [1.82, 2.24) is 5.32 Å². The van der Waals surface area contributed by atoms with E-state index in [-0.39, 0.29) is 18.3 Å². The van der Waals surface area contributed by atoms with Gasteiger partial charge in [-0.25, -0.2) is 4.79 Å². The van der Waals surface area contributed by atoms with Gasteiger partial charge in [-0.3, -0.25) is 4.79 Å². The van der Waals surface area contributed by atoms with Gasteiger partial charge < -0.3 is 14.5 Å². The second-order valence-corrected chi connectivity index (χ2v) is 7.71. The van der Waals surface area contributed by atoms with Crippen molar-refractivity contribution in [3.63, 3.8) is 0 Å². The van der Waals surface area contributed by atoms with E-state index in [1.807, 2.05) is 47.8 Å². The summed E-state index contributed by atoms with van der Waals surface area (Å²) in [6.07, 6.45) is 0. The first-order valence-electron chi connectivity index (χ1n) is 8.85. The molecule has 0 aliphatic carbocycles. The van der Waals surface area contributed by atoms with Crippen molar-refractivity contribution in [3.8, 4) is 16.9 Å². The van der Waals surface area contributed by atoms with Crippen LogP contribution >= 0.6 is 22.9 Å². The summed E-state index contributed by atoms with van der Waals surface area (Å²) in [4.78, 5) is 25.1. The number of nitrogens with one attached hydrogen (secondary N) is 1. The van der Waals surface area contributed by atoms with Crippen molar-refractivity contribution >= 4 is 39.8 Å². The number of thiophene rings is 1. The average molecular weight is 426 g/mol. The number of carbonyl (C=O) groups is 1. The summed E-state index contributed by atoms with van der Waals surface area (Å²) < 4.78 is 10.9. The molecule has 2 aromatic heterocycles. The Morgan fingerprint density at radius 1 is 1.10 bits per heavy atom. The van der Waals surface area contributed by atoms with E-state index in [0.717, 1.165) is 16.0 Å². The molecule has 2 aromatic carbocycles. The predicted octanol–water partition coefficient (Wildman–Crippen LogP) is 4.87. The topological polar surface area (TPSA) is 68.5 Å². The van der Waals surface area contributed by atoms with Crippen molar-refractivity contribution in [2.24, 2.45) is 0 Å². The molecule has 1 N–H and O–H groups in total.